The molecule has 18 heavy (non-hydrogen) atoms. The van der Waals surface area contributed by atoms with Gasteiger partial charge in [0.2, 0.25) is 0 Å². The number of imidazole rings is 1. The fourth-order valence-electron chi connectivity index (χ4n) is 2.50. The van der Waals surface area contributed by atoms with Gasteiger partial charge >= 0.3 is 0 Å². The van der Waals surface area contributed by atoms with Crippen LogP contribution in [0.4, 0.5) is 0 Å². The number of fused-ring (bicyclic) bond motifs is 1. The molecule has 3 nitrogen and oxygen atoms in total. The molecule has 0 aliphatic heterocycles. The van der Waals surface area contributed by atoms with E-state index in [-0.39, 0.29) is 0 Å². The van der Waals surface area contributed by atoms with Crippen LogP contribution in [0.2, 0.25) is 0 Å². The third kappa shape index (κ3) is 2.51. The van der Waals surface area contributed by atoms with Crippen molar-refractivity contribution in [1.82, 2.24) is 14.5 Å². The van der Waals surface area contributed by atoms with Crippen molar-refractivity contribution in [1.29, 1.82) is 0 Å². The summed E-state index contributed by atoms with van der Waals surface area (Å²) in [7, 11) is 0. The second-order valence-corrected chi connectivity index (χ2v) is 5.45. The number of aryl methyl sites for hydroxylation is 2. The van der Waals surface area contributed by atoms with Crippen LogP contribution < -0.4 is 0 Å². The van der Waals surface area contributed by atoms with Gasteiger partial charge in [-0.3, -0.25) is 4.98 Å². The first-order valence-electron chi connectivity index (χ1n) is 6.73. The van der Waals surface area contributed by atoms with Gasteiger partial charge in [-0.25, -0.2) is 4.98 Å². The van der Waals surface area contributed by atoms with Gasteiger partial charge in [0.15, 0.2) is 0 Å². The third-order valence-corrected chi connectivity index (χ3v) is 3.83. The highest BCUT2D eigenvalue weighted by Crippen LogP contribution is 2.33. The van der Waals surface area contributed by atoms with Crippen LogP contribution in [0.15, 0.2) is 18.5 Å². The quantitative estimate of drug-likeness (QED) is 0.748. The van der Waals surface area contributed by atoms with Crippen LogP contribution >= 0.6 is 11.6 Å². The largest absolute Gasteiger partial charge is 0.328 e. The van der Waals surface area contributed by atoms with Crippen molar-refractivity contribution in [2.45, 2.75) is 38.6 Å². The van der Waals surface area contributed by atoms with Crippen LogP contribution in [0.1, 0.15) is 31.5 Å². The van der Waals surface area contributed by atoms with E-state index in [1.807, 2.05) is 12.4 Å². The third-order valence-electron chi connectivity index (χ3n) is 3.64. The molecule has 1 fully saturated rings. The first-order chi connectivity index (χ1) is 8.88. The number of halogens is 1. The molecular weight excluding hydrogens is 246 g/mol. The van der Waals surface area contributed by atoms with Crippen molar-refractivity contribution in [3.8, 4) is 0 Å². The number of rotatable bonds is 6. The maximum Gasteiger partial charge on any atom is 0.111 e. The van der Waals surface area contributed by atoms with Gasteiger partial charge in [0.1, 0.15) is 11.3 Å². The van der Waals surface area contributed by atoms with Crippen molar-refractivity contribution in [3.63, 3.8) is 0 Å². The van der Waals surface area contributed by atoms with Gasteiger partial charge in [0.05, 0.1) is 11.7 Å². The normalized spacial score (nSPS) is 15.4. The van der Waals surface area contributed by atoms with Crippen molar-refractivity contribution < 1.29 is 0 Å². The van der Waals surface area contributed by atoms with E-state index < -0.39 is 0 Å². The Kier molecular flexibility index (Phi) is 3.50. The maximum atomic E-state index is 5.86. The van der Waals surface area contributed by atoms with Gasteiger partial charge in [-0.05, 0) is 24.8 Å². The summed E-state index contributed by atoms with van der Waals surface area (Å²) < 4.78 is 2.32. The molecule has 0 amide bonds. The molecule has 1 aliphatic rings. The van der Waals surface area contributed by atoms with Gasteiger partial charge < -0.3 is 4.57 Å². The summed E-state index contributed by atoms with van der Waals surface area (Å²) in [6, 6.07) is 2.05. The Bertz CT molecular complexity index is 531. The SMILES string of the molecule is ClCCc1nc2cnccc2n1CCCC1CC1. The minimum atomic E-state index is 0.624. The summed E-state index contributed by atoms with van der Waals surface area (Å²) in [4.78, 5) is 8.77. The molecule has 1 saturated carbocycles. The van der Waals surface area contributed by atoms with Crippen LogP contribution in [-0.2, 0) is 13.0 Å². The molecule has 0 N–H and O–H groups in total. The van der Waals surface area contributed by atoms with Crippen molar-refractivity contribution in [2.75, 3.05) is 5.88 Å². The second kappa shape index (κ2) is 5.27. The number of alkyl halides is 1. The molecule has 0 saturated heterocycles. The lowest BCUT2D eigenvalue weighted by Crippen LogP contribution is -2.05. The molecule has 0 bridgehead atoms. The Labute approximate surface area is 112 Å². The minimum absolute atomic E-state index is 0.624. The summed E-state index contributed by atoms with van der Waals surface area (Å²) in [5, 5.41) is 0. The highest BCUT2D eigenvalue weighted by Gasteiger charge is 2.20. The molecule has 2 heterocycles. The molecule has 2 aromatic heterocycles. The van der Waals surface area contributed by atoms with Gasteiger partial charge in [-0.15, -0.1) is 11.6 Å². The molecule has 1 aliphatic carbocycles. The molecule has 0 atom stereocenters. The van der Waals surface area contributed by atoms with Crippen LogP contribution in [0.3, 0.4) is 0 Å². The Morgan fingerprint density at radius 2 is 2.28 bits per heavy atom. The van der Waals surface area contributed by atoms with E-state index in [0.29, 0.717) is 5.88 Å². The van der Waals surface area contributed by atoms with Crippen LogP contribution in [0.5, 0.6) is 0 Å². The molecule has 2 aromatic rings. The zero-order chi connectivity index (χ0) is 12.4. The molecule has 3 rings (SSSR count). The van der Waals surface area contributed by atoms with Gasteiger partial charge in [0, 0.05) is 25.0 Å². The fraction of sp³-hybridized carbons (Fsp3) is 0.571. The summed E-state index contributed by atoms with van der Waals surface area (Å²) in [6.45, 7) is 1.06. The molecule has 4 heteroatoms. The first-order valence-corrected chi connectivity index (χ1v) is 7.27. The van der Waals surface area contributed by atoms with E-state index in [2.05, 4.69) is 20.6 Å². The Morgan fingerprint density at radius 1 is 1.39 bits per heavy atom. The molecule has 0 radical (unpaired) electrons. The maximum absolute atomic E-state index is 5.86. The molecule has 96 valence electrons. The summed E-state index contributed by atoms with van der Waals surface area (Å²) in [5.41, 5.74) is 2.19. The predicted octanol–water partition coefficient (Wildman–Crippen LogP) is 3.40. The van der Waals surface area contributed by atoms with Crippen LogP contribution in [0.25, 0.3) is 11.0 Å². The monoisotopic (exact) mass is 263 g/mol. The van der Waals surface area contributed by atoms with E-state index in [1.165, 1.54) is 31.2 Å². The standard InChI is InChI=1S/C14H18ClN3/c15-7-5-14-17-12-10-16-8-6-13(12)18(14)9-1-2-11-3-4-11/h6,8,10-11H,1-5,7,9H2. The number of pyridine rings is 1. The molecule has 0 unspecified atom stereocenters. The van der Waals surface area contributed by atoms with E-state index in [9.17, 15) is 0 Å². The van der Waals surface area contributed by atoms with E-state index in [0.717, 1.165) is 30.2 Å². The number of hydrogen-bond donors (Lipinski definition) is 0. The van der Waals surface area contributed by atoms with Crippen molar-refractivity contribution in [2.24, 2.45) is 5.92 Å². The van der Waals surface area contributed by atoms with Gasteiger partial charge in [-0.1, -0.05) is 12.8 Å². The summed E-state index contributed by atoms with van der Waals surface area (Å²) in [5.74, 6) is 2.72. The average Bonchev–Trinajstić information content (AvgIpc) is 3.14. The number of aromatic nitrogens is 3. The Hall–Kier alpha value is -1.09. The second-order valence-electron chi connectivity index (χ2n) is 5.07. The molecule has 0 aromatic carbocycles. The predicted molar refractivity (Wildman–Crippen MR) is 73.9 cm³/mol. The van der Waals surface area contributed by atoms with Gasteiger partial charge in [0.25, 0.3) is 0 Å². The van der Waals surface area contributed by atoms with Crippen molar-refractivity contribution >= 4 is 22.6 Å². The first kappa shape index (κ1) is 12.0. The topological polar surface area (TPSA) is 30.7 Å². The molecule has 0 spiro atoms. The highest BCUT2D eigenvalue weighted by molar-refractivity contribution is 6.17. The average molecular weight is 264 g/mol. The zero-order valence-electron chi connectivity index (χ0n) is 10.5. The highest BCUT2D eigenvalue weighted by atomic mass is 35.5. The lowest BCUT2D eigenvalue weighted by atomic mass is 10.2. The van der Waals surface area contributed by atoms with E-state index >= 15 is 0 Å². The molecular formula is C14H18ClN3. The summed E-state index contributed by atoms with van der Waals surface area (Å²) in [6.07, 6.45) is 9.97. The lowest BCUT2D eigenvalue weighted by molar-refractivity contribution is 0.571. The van der Waals surface area contributed by atoms with E-state index in [1.54, 1.807) is 0 Å². The lowest BCUT2D eigenvalue weighted by Gasteiger charge is -2.08. The van der Waals surface area contributed by atoms with Crippen molar-refractivity contribution in [3.05, 3.63) is 24.3 Å². The Morgan fingerprint density at radius 3 is 3.06 bits per heavy atom. The number of nitrogens with zero attached hydrogens (tertiary/aromatic N) is 3. The minimum Gasteiger partial charge on any atom is -0.328 e. The smallest absolute Gasteiger partial charge is 0.111 e. The fourth-order valence-corrected chi connectivity index (χ4v) is 2.67. The van der Waals surface area contributed by atoms with Crippen LogP contribution in [-0.4, -0.2) is 20.4 Å². The van der Waals surface area contributed by atoms with E-state index in [4.69, 9.17) is 11.6 Å². The number of hydrogen-bond acceptors (Lipinski definition) is 2. The zero-order valence-corrected chi connectivity index (χ0v) is 11.2. The van der Waals surface area contributed by atoms with Crippen LogP contribution in [0, 0.1) is 5.92 Å². The Balaban J connectivity index is 1.82. The van der Waals surface area contributed by atoms with Gasteiger partial charge in [-0.2, -0.15) is 0 Å². The summed E-state index contributed by atoms with van der Waals surface area (Å²) >= 11 is 5.86.